The molecule has 1 aromatic rings. The maximum atomic E-state index is 12.8. The highest BCUT2D eigenvalue weighted by Gasteiger charge is 2.20. The molecule has 1 fully saturated rings. The van der Waals surface area contributed by atoms with Gasteiger partial charge < -0.3 is 5.73 Å². The standard InChI is InChI=1S/C11H13FN2S/c12-8-2-1-3-10(6-8)15-7-11(13)14-9-4-5-9/h1-3,6,9H,4-5,7H2,(H2,13,14). The lowest BCUT2D eigenvalue weighted by atomic mass is 10.4. The second kappa shape index (κ2) is 4.66. The van der Waals surface area contributed by atoms with E-state index in [1.165, 1.54) is 23.9 Å². The lowest BCUT2D eigenvalue weighted by Gasteiger charge is -2.01. The highest BCUT2D eigenvalue weighted by Crippen LogP contribution is 2.24. The van der Waals surface area contributed by atoms with Gasteiger partial charge in [-0.3, -0.25) is 4.99 Å². The third kappa shape index (κ3) is 3.55. The molecule has 2 rings (SSSR count). The third-order valence-corrected chi connectivity index (χ3v) is 3.11. The average Bonchev–Trinajstić information content (AvgIpc) is 2.99. The molecule has 0 saturated heterocycles. The highest BCUT2D eigenvalue weighted by atomic mass is 32.2. The fourth-order valence-electron chi connectivity index (χ4n) is 1.19. The van der Waals surface area contributed by atoms with Crippen LogP contribution in [0.15, 0.2) is 34.2 Å². The van der Waals surface area contributed by atoms with Gasteiger partial charge in [-0.2, -0.15) is 0 Å². The Hall–Kier alpha value is -1.03. The van der Waals surface area contributed by atoms with Gasteiger partial charge in [0.1, 0.15) is 11.7 Å². The minimum Gasteiger partial charge on any atom is -0.387 e. The molecule has 0 aliphatic heterocycles. The van der Waals surface area contributed by atoms with E-state index < -0.39 is 0 Å². The lowest BCUT2D eigenvalue weighted by Crippen LogP contribution is -2.15. The molecule has 0 heterocycles. The molecule has 0 amide bonds. The van der Waals surface area contributed by atoms with Crippen molar-refractivity contribution in [3.8, 4) is 0 Å². The topological polar surface area (TPSA) is 38.4 Å². The van der Waals surface area contributed by atoms with Crippen molar-refractivity contribution < 1.29 is 4.39 Å². The maximum Gasteiger partial charge on any atom is 0.124 e. The number of hydrogen-bond acceptors (Lipinski definition) is 2. The minimum absolute atomic E-state index is 0.210. The normalized spacial score (nSPS) is 16.7. The molecule has 4 heteroatoms. The van der Waals surface area contributed by atoms with Crippen molar-refractivity contribution in [2.45, 2.75) is 23.8 Å². The first-order valence-corrected chi connectivity index (χ1v) is 5.93. The van der Waals surface area contributed by atoms with Crippen LogP contribution in [0.2, 0.25) is 0 Å². The number of rotatable bonds is 4. The zero-order valence-corrected chi connectivity index (χ0v) is 9.14. The molecule has 0 spiro atoms. The van der Waals surface area contributed by atoms with Crippen LogP contribution in [0.25, 0.3) is 0 Å². The summed E-state index contributed by atoms with van der Waals surface area (Å²) in [6.07, 6.45) is 2.32. The molecule has 80 valence electrons. The molecule has 2 N–H and O–H groups in total. The summed E-state index contributed by atoms with van der Waals surface area (Å²) in [7, 11) is 0. The van der Waals surface area contributed by atoms with Crippen LogP contribution >= 0.6 is 11.8 Å². The van der Waals surface area contributed by atoms with Gasteiger partial charge >= 0.3 is 0 Å². The van der Waals surface area contributed by atoms with E-state index in [2.05, 4.69) is 4.99 Å². The van der Waals surface area contributed by atoms with Crippen molar-refractivity contribution in [1.82, 2.24) is 0 Å². The number of aliphatic imine (C=N–C) groups is 1. The van der Waals surface area contributed by atoms with Crippen LogP contribution in [0.4, 0.5) is 4.39 Å². The summed E-state index contributed by atoms with van der Waals surface area (Å²) in [4.78, 5) is 5.20. The van der Waals surface area contributed by atoms with Gasteiger partial charge in [-0.1, -0.05) is 6.07 Å². The van der Waals surface area contributed by atoms with Gasteiger partial charge in [0.25, 0.3) is 0 Å². The van der Waals surface area contributed by atoms with Gasteiger partial charge in [-0.15, -0.1) is 11.8 Å². The number of nitrogens with two attached hydrogens (primary N) is 1. The van der Waals surface area contributed by atoms with Crippen LogP contribution in [0, 0.1) is 5.82 Å². The smallest absolute Gasteiger partial charge is 0.124 e. The summed E-state index contributed by atoms with van der Waals surface area (Å²) in [6.45, 7) is 0. The number of amidine groups is 1. The van der Waals surface area contributed by atoms with Crippen LogP contribution in [0.5, 0.6) is 0 Å². The second-order valence-electron chi connectivity index (χ2n) is 3.60. The monoisotopic (exact) mass is 224 g/mol. The Morgan fingerprint density at radius 3 is 3.00 bits per heavy atom. The van der Waals surface area contributed by atoms with E-state index in [4.69, 9.17) is 5.73 Å². The van der Waals surface area contributed by atoms with Crippen molar-refractivity contribution in [1.29, 1.82) is 0 Å². The quantitative estimate of drug-likeness (QED) is 0.484. The van der Waals surface area contributed by atoms with Gasteiger partial charge in [0.2, 0.25) is 0 Å². The van der Waals surface area contributed by atoms with E-state index in [9.17, 15) is 4.39 Å². The Labute approximate surface area is 92.8 Å². The zero-order chi connectivity index (χ0) is 10.7. The van der Waals surface area contributed by atoms with E-state index in [0.29, 0.717) is 17.6 Å². The van der Waals surface area contributed by atoms with E-state index in [1.807, 2.05) is 6.07 Å². The Morgan fingerprint density at radius 2 is 2.33 bits per heavy atom. The van der Waals surface area contributed by atoms with Crippen molar-refractivity contribution in [3.63, 3.8) is 0 Å². The van der Waals surface area contributed by atoms with Gasteiger partial charge in [0.05, 0.1) is 11.8 Å². The van der Waals surface area contributed by atoms with Crippen molar-refractivity contribution in [2.75, 3.05) is 5.75 Å². The number of nitrogens with zero attached hydrogens (tertiary/aromatic N) is 1. The molecule has 1 aliphatic carbocycles. The molecule has 2 nitrogen and oxygen atoms in total. The molecule has 0 atom stereocenters. The van der Waals surface area contributed by atoms with E-state index >= 15 is 0 Å². The van der Waals surface area contributed by atoms with Gasteiger partial charge in [-0.25, -0.2) is 4.39 Å². The van der Waals surface area contributed by atoms with E-state index in [-0.39, 0.29) is 5.82 Å². The molecule has 15 heavy (non-hydrogen) atoms. The summed E-state index contributed by atoms with van der Waals surface area (Å²) in [5.41, 5.74) is 5.74. The van der Waals surface area contributed by atoms with Crippen molar-refractivity contribution in [2.24, 2.45) is 10.7 Å². The SMILES string of the molecule is NC(CSc1cccc(F)c1)=NC1CC1. The molecule has 0 aromatic heterocycles. The Morgan fingerprint density at radius 1 is 1.53 bits per heavy atom. The molecule has 1 aliphatic rings. The molecule has 1 saturated carbocycles. The number of benzene rings is 1. The van der Waals surface area contributed by atoms with Crippen LogP contribution < -0.4 is 5.73 Å². The molecule has 1 aromatic carbocycles. The van der Waals surface area contributed by atoms with Crippen LogP contribution in [-0.4, -0.2) is 17.6 Å². The molecule has 0 radical (unpaired) electrons. The summed E-state index contributed by atoms with van der Waals surface area (Å²) in [6, 6.07) is 6.98. The third-order valence-electron chi connectivity index (χ3n) is 2.08. The predicted octanol–water partition coefficient (Wildman–Crippen LogP) is 2.44. The second-order valence-corrected chi connectivity index (χ2v) is 4.65. The van der Waals surface area contributed by atoms with E-state index in [0.717, 1.165) is 17.7 Å². The zero-order valence-electron chi connectivity index (χ0n) is 8.32. The van der Waals surface area contributed by atoms with Crippen LogP contribution in [-0.2, 0) is 0 Å². The minimum atomic E-state index is -0.210. The summed E-state index contributed by atoms with van der Waals surface area (Å²) >= 11 is 1.52. The van der Waals surface area contributed by atoms with Crippen molar-refractivity contribution in [3.05, 3.63) is 30.1 Å². The summed E-state index contributed by atoms with van der Waals surface area (Å²) in [5, 5.41) is 0. The molecule has 0 bridgehead atoms. The molecule has 0 unspecified atom stereocenters. The number of thioether (sulfide) groups is 1. The van der Waals surface area contributed by atoms with Gasteiger partial charge in [0, 0.05) is 4.90 Å². The molecular weight excluding hydrogens is 211 g/mol. The maximum absolute atomic E-state index is 12.8. The lowest BCUT2D eigenvalue weighted by molar-refractivity contribution is 0.624. The predicted molar refractivity (Wildman–Crippen MR) is 61.8 cm³/mol. The fourth-order valence-corrected chi connectivity index (χ4v) is 1.95. The number of hydrogen-bond donors (Lipinski definition) is 1. The summed E-state index contributed by atoms with van der Waals surface area (Å²) in [5.74, 6) is 1.09. The fraction of sp³-hybridized carbons (Fsp3) is 0.364. The van der Waals surface area contributed by atoms with Gasteiger partial charge in [-0.05, 0) is 31.0 Å². The highest BCUT2D eigenvalue weighted by molar-refractivity contribution is 8.00. The van der Waals surface area contributed by atoms with Crippen LogP contribution in [0.3, 0.4) is 0 Å². The number of halogens is 1. The Bertz CT molecular complexity index is 375. The van der Waals surface area contributed by atoms with E-state index in [1.54, 1.807) is 6.07 Å². The first-order chi connectivity index (χ1) is 7.24. The first-order valence-electron chi connectivity index (χ1n) is 4.94. The van der Waals surface area contributed by atoms with Gasteiger partial charge in [0.15, 0.2) is 0 Å². The Balaban J connectivity index is 1.86. The van der Waals surface area contributed by atoms with Crippen molar-refractivity contribution >= 4 is 17.6 Å². The first kappa shape index (κ1) is 10.5. The Kier molecular flexibility index (Phi) is 3.26. The average molecular weight is 224 g/mol. The summed E-state index contributed by atoms with van der Waals surface area (Å²) < 4.78 is 12.8. The van der Waals surface area contributed by atoms with Crippen LogP contribution in [0.1, 0.15) is 12.8 Å². The largest absolute Gasteiger partial charge is 0.387 e. The molecular formula is C11H13FN2S.